The molecule has 0 fully saturated rings. The van der Waals surface area contributed by atoms with E-state index in [1.807, 2.05) is 35.0 Å². The predicted octanol–water partition coefficient (Wildman–Crippen LogP) is 3.94. The largest absolute Gasteiger partial charge is 0.403 e. The van der Waals surface area contributed by atoms with Crippen molar-refractivity contribution in [1.29, 1.82) is 0 Å². The molecule has 0 aliphatic heterocycles. The van der Waals surface area contributed by atoms with Crippen molar-refractivity contribution in [2.45, 2.75) is 0 Å². The van der Waals surface area contributed by atoms with Gasteiger partial charge in [-0.05, 0) is 36.4 Å². The lowest BCUT2D eigenvalue weighted by Crippen LogP contribution is -1.92. The van der Waals surface area contributed by atoms with Gasteiger partial charge in [-0.1, -0.05) is 5.10 Å². The van der Waals surface area contributed by atoms with Crippen molar-refractivity contribution in [3.63, 3.8) is 0 Å². The molecule has 0 atom stereocenters. The number of aromatic nitrogens is 4. The van der Waals surface area contributed by atoms with Gasteiger partial charge in [0, 0.05) is 35.4 Å². The van der Waals surface area contributed by atoms with Crippen molar-refractivity contribution in [2.24, 2.45) is 0 Å². The fourth-order valence-electron chi connectivity index (χ4n) is 2.28. The molecule has 6 nitrogen and oxygen atoms in total. The van der Waals surface area contributed by atoms with Crippen LogP contribution < -0.4 is 5.32 Å². The van der Waals surface area contributed by atoms with E-state index in [0.717, 1.165) is 23.4 Å². The number of nitrogens with one attached hydrogen (secondary N) is 1. The van der Waals surface area contributed by atoms with Crippen LogP contribution in [0.3, 0.4) is 0 Å². The number of nitrogens with zero attached hydrogens (tertiary/aromatic N) is 4. The summed E-state index contributed by atoms with van der Waals surface area (Å²) in [4.78, 5) is 4.00. The molecule has 2 heterocycles. The molecule has 0 saturated heterocycles. The normalized spacial score (nSPS) is 10.8. The van der Waals surface area contributed by atoms with Crippen molar-refractivity contribution < 1.29 is 13.2 Å². The van der Waals surface area contributed by atoms with Gasteiger partial charge >= 0.3 is 6.01 Å². The zero-order chi connectivity index (χ0) is 17.2. The lowest BCUT2D eigenvalue weighted by atomic mass is 10.2. The summed E-state index contributed by atoms with van der Waals surface area (Å²) in [6.07, 6.45) is 5.24. The van der Waals surface area contributed by atoms with Gasteiger partial charge in [0.25, 0.3) is 0 Å². The molecule has 0 spiro atoms. The second-order valence-corrected chi connectivity index (χ2v) is 5.18. The van der Waals surface area contributed by atoms with Crippen LogP contribution in [0.4, 0.5) is 20.5 Å². The summed E-state index contributed by atoms with van der Waals surface area (Å²) in [5.41, 5.74) is 1.99. The molecule has 0 saturated carbocycles. The van der Waals surface area contributed by atoms with E-state index < -0.39 is 11.6 Å². The van der Waals surface area contributed by atoms with E-state index in [2.05, 4.69) is 20.5 Å². The van der Waals surface area contributed by atoms with E-state index in [1.165, 1.54) is 6.07 Å². The average molecular weight is 339 g/mol. The Labute approximate surface area is 140 Å². The molecule has 1 N–H and O–H groups in total. The van der Waals surface area contributed by atoms with E-state index in [-0.39, 0.29) is 6.01 Å². The monoisotopic (exact) mass is 339 g/mol. The summed E-state index contributed by atoms with van der Waals surface area (Å²) in [5, 5.41) is 10.5. The van der Waals surface area contributed by atoms with Crippen LogP contribution in [-0.2, 0) is 0 Å². The Morgan fingerprint density at radius 2 is 1.80 bits per heavy atom. The predicted molar refractivity (Wildman–Crippen MR) is 86.5 cm³/mol. The molecule has 2 aromatic heterocycles. The van der Waals surface area contributed by atoms with Crippen molar-refractivity contribution in [2.75, 3.05) is 5.32 Å². The summed E-state index contributed by atoms with van der Waals surface area (Å²) in [7, 11) is 0. The summed E-state index contributed by atoms with van der Waals surface area (Å²) in [5.74, 6) is -1.57. The Bertz CT molecular complexity index is 996. The number of hydrogen-bond donors (Lipinski definition) is 1. The van der Waals surface area contributed by atoms with Gasteiger partial charge in [0.15, 0.2) is 11.6 Å². The lowest BCUT2D eigenvalue weighted by Gasteiger charge is -2.02. The molecule has 0 amide bonds. The minimum Gasteiger partial charge on any atom is -0.403 e. The first-order valence-corrected chi connectivity index (χ1v) is 7.33. The number of anilines is 2. The highest BCUT2D eigenvalue weighted by Gasteiger charge is 2.10. The lowest BCUT2D eigenvalue weighted by molar-refractivity contribution is 0.509. The van der Waals surface area contributed by atoms with Crippen LogP contribution >= 0.6 is 0 Å². The third kappa shape index (κ3) is 3.09. The van der Waals surface area contributed by atoms with Crippen molar-refractivity contribution in [1.82, 2.24) is 19.7 Å². The fraction of sp³-hybridized carbons (Fsp3) is 0. The quantitative estimate of drug-likeness (QED) is 0.610. The van der Waals surface area contributed by atoms with Crippen LogP contribution in [0.2, 0.25) is 0 Å². The van der Waals surface area contributed by atoms with E-state index in [4.69, 9.17) is 4.42 Å². The third-order valence-electron chi connectivity index (χ3n) is 3.51. The Balaban J connectivity index is 1.53. The maximum absolute atomic E-state index is 13.2. The Hall–Kier alpha value is -3.55. The highest BCUT2D eigenvalue weighted by Crippen LogP contribution is 2.24. The number of imidazole rings is 1. The summed E-state index contributed by atoms with van der Waals surface area (Å²) in [6, 6.07) is 11.0. The molecule has 25 heavy (non-hydrogen) atoms. The average Bonchev–Trinajstić information content (AvgIpc) is 3.30. The number of benzene rings is 2. The summed E-state index contributed by atoms with van der Waals surface area (Å²) < 4.78 is 33.5. The molecule has 4 rings (SSSR count). The standard InChI is InChI=1S/C17H11F2N5O/c18-14-6-3-12(9-15(14)19)21-17-23-22-16(25-17)11-1-4-13(5-2-11)24-8-7-20-10-24/h1-10H,(H,21,23). The van der Waals surface area contributed by atoms with Gasteiger partial charge in [-0.3, -0.25) is 0 Å². The highest BCUT2D eigenvalue weighted by molar-refractivity contribution is 5.58. The van der Waals surface area contributed by atoms with Gasteiger partial charge in [-0.25, -0.2) is 13.8 Å². The van der Waals surface area contributed by atoms with Gasteiger partial charge in [-0.15, -0.1) is 5.10 Å². The smallest absolute Gasteiger partial charge is 0.320 e. The zero-order valence-electron chi connectivity index (χ0n) is 12.7. The third-order valence-corrected chi connectivity index (χ3v) is 3.51. The van der Waals surface area contributed by atoms with E-state index in [1.54, 1.807) is 12.5 Å². The Kier molecular flexibility index (Phi) is 3.70. The van der Waals surface area contributed by atoms with Gasteiger partial charge in [-0.2, -0.15) is 0 Å². The first-order chi connectivity index (χ1) is 12.2. The second-order valence-electron chi connectivity index (χ2n) is 5.18. The van der Waals surface area contributed by atoms with Crippen LogP contribution in [0.5, 0.6) is 0 Å². The topological polar surface area (TPSA) is 68.8 Å². The first-order valence-electron chi connectivity index (χ1n) is 7.33. The second kappa shape index (κ2) is 6.16. The molecule has 124 valence electrons. The van der Waals surface area contributed by atoms with Crippen molar-refractivity contribution in [3.8, 4) is 17.1 Å². The van der Waals surface area contributed by atoms with Crippen LogP contribution in [0.15, 0.2) is 65.6 Å². The molecule has 0 aliphatic rings. The molecular weight excluding hydrogens is 328 g/mol. The van der Waals surface area contributed by atoms with Crippen LogP contribution in [0.1, 0.15) is 0 Å². The zero-order valence-corrected chi connectivity index (χ0v) is 12.7. The summed E-state index contributed by atoms with van der Waals surface area (Å²) in [6.45, 7) is 0. The molecule has 0 aliphatic carbocycles. The van der Waals surface area contributed by atoms with Gasteiger partial charge in [0.1, 0.15) is 0 Å². The van der Waals surface area contributed by atoms with Crippen molar-refractivity contribution >= 4 is 11.7 Å². The minimum absolute atomic E-state index is 0.0831. The number of halogens is 2. The van der Waals surface area contributed by atoms with E-state index >= 15 is 0 Å². The van der Waals surface area contributed by atoms with Crippen LogP contribution in [0.25, 0.3) is 17.1 Å². The Morgan fingerprint density at radius 3 is 2.52 bits per heavy atom. The number of rotatable bonds is 4. The molecule has 2 aromatic carbocycles. The SMILES string of the molecule is Fc1ccc(Nc2nnc(-c3ccc(-n4ccnc4)cc3)o2)cc1F. The molecule has 4 aromatic rings. The van der Waals surface area contributed by atoms with E-state index in [9.17, 15) is 8.78 Å². The maximum Gasteiger partial charge on any atom is 0.320 e. The van der Waals surface area contributed by atoms with Crippen LogP contribution in [0, 0.1) is 11.6 Å². The fourth-order valence-corrected chi connectivity index (χ4v) is 2.28. The van der Waals surface area contributed by atoms with Gasteiger partial charge in [0.2, 0.25) is 5.89 Å². The highest BCUT2D eigenvalue weighted by atomic mass is 19.2. The summed E-state index contributed by atoms with van der Waals surface area (Å²) >= 11 is 0. The molecule has 0 bridgehead atoms. The molecule has 8 heteroatoms. The molecule has 0 unspecified atom stereocenters. The van der Waals surface area contributed by atoms with Gasteiger partial charge in [0.05, 0.1) is 6.33 Å². The van der Waals surface area contributed by atoms with Gasteiger partial charge < -0.3 is 14.3 Å². The first kappa shape index (κ1) is 15.0. The van der Waals surface area contributed by atoms with E-state index in [0.29, 0.717) is 11.6 Å². The van der Waals surface area contributed by atoms with Crippen LogP contribution in [-0.4, -0.2) is 19.7 Å². The minimum atomic E-state index is -0.958. The molecular formula is C17H11F2N5O. The van der Waals surface area contributed by atoms with Crippen molar-refractivity contribution in [3.05, 3.63) is 72.8 Å². The Morgan fingerprint density at radius 1 is 0.960 bits per heavy atom. The maximum atomic E-state index is 13.2. The molecule has 0 radical (unpaired) electrons. The number of hydrogen-bond acceptors (Lipinski definition) is 5.